The number of nitrogens with zero attached hydrogens (tertiary/aromatic N) is 6. The number of benzene rings is 2. The van der Waals surface area contributed by atoms with E-state index in [0.717, 1.165) is 61.4 Å². The first kappa shape index (κ1) is 32.9. The Morgan fingerprint density at radius 3 is 2.36 bits per heavy atom. The molecular weight excluding hydrogens is 590 g/mol. The lowest BCUT2D eigenvalue weighted by molar-refractivity contribution is -0.136. The van der Waals surface area contributed by atoms with Crippen molar-refractivity contribution >= 4 is 11.7 Å². The molecule has 3 aliphatic heterocycles. The molecule has 0 radical (unpaired) electrons. The molecule has 2 fully saturated rings. The quantitative estimate of drug-likeness (QED) is 0.337. The van der Waals surface area contributed by atoms with E-state index in [1.165, 1.54) is 5.56 Å². The number of carbonyl (C=O) groups excluding carboxylic acids is 1. The maximum atomic E-state index is 13.4. The summed E-state index contributed by atoms with van der Waals surface area (Å²) in [6.45, 7) is 8.53. The third-order valence-corrected chi connectivity index (χ3v) is 9.90. The lowest BCUT2D eigenvalue weighted by Gasteiger charge is -2.39. The summed E-state index contributed by atoms with van der Waals surface area (Å²) in [5, 5.41) is 10.4. The molecule has 3 aliphatic rings. The van der Waals surface area contributed by atoms with E-state index >= 15 is 0 Å². The van der Waals surface area contributed by atoms with E-state index in [2.05, 4.69) is 52.1 Å². The van der Waals surface area contributed by atoms with Crippen LogP contribution in [0.25, 0.3) is 0 Å². The van der Waals surface area contributed by atoms with Gasteiger partial charge in [-0.15, -0.1) is 0 Å². The number of anilines is 1. The first-order chi connectivity index (χ1) is 22.9. The number of aromatic nitrogens is 1. The minimum atomic E-state index is -0.740. The van der Waals surface area contributed by atoms with Gasteiger partial charge in [-0.05, 0) is 56.5 Å². The zero-order chi connectivity index (χ0) is 32.8. The fourth-order valence-electron chi connectivity index (χ4n) is 6.92. The first-order valence-electron chi connectivity index (χ1n) is 16.9. The lowest BCUT2D eigenvalue weighted by Crippen LogP contribution is -2.56. The maximum absolute atomic E-state index is 13.4. The van der Waals surface area contributed by atoms with Crippen molar-refractivity contribution < 1.29 is 14.3 Å². The van der Waals surface area contributed by atoms with E-state index in [1.807, 2.05) is 48.2 Å². The normalized spacial score (nSPS) is 20.0. The Labute approximate surface area is 278 Å². The SMILES string of the molecule is CC(OCc1ccccc1)C(N)C(=O)N1CCN(c2nc(OC[C@@H]3CCCN3C)c(C#N)c3c2CCN(Cc2ccccc2)C3)CC1. The average molecular weight is 638 g/mol. The second-order valence-electron chi connectivity index (χ2n) is 13.1. The summed E-state index contributed by atoms with van der Waals surface area (Å²) < 4.78 is 12.4. The van der Waals surface area contributed by atoms with E-state index in [9.17, 15) is 10.1 Å². The topological polar surface area (TPSA) is 111 Å². The molecule has 6 rings (SSSR count). The highest BCUT2D eigenvalue weighted by atomic mass is 16.5. The number of likely N-dealkylation sites (tertiary alicyclic amines) is 1. The number of rotatable bonds is 11. The number of carbonyl (C=O) groups is 1. The Hall–Kier alpha value is -4.01. The van der Waals surface area contributed by atoms with Gasteiger partial charge in [-0.3, -0.25) is 9.69 Å². The highest BCUT2D eigenvalue weighted by molar-refractivity contribution is 5.82. The Morgan fingerprint density at radius 2 is 1.70 bits per heavy atom. The van der Waals surface area contributed by atoms with E-state index < -0.39 is 12.1 Å². The van der Waals surface area contributed by atoms with Crippen LogP contribution >= 0.6 is 0 Å². The van der Waals surface area contributed by atoms with Crippen LogP contribution < -0.4 is 15.4 Å². The van der Waals surface area contributed by atoms with Gasteiger partial charge in [-0.1, -0.05) is 60.7 Å². The molecule has 10 heteroatoms. The summed E-state index contributed by atoms with van der Waals surface area (Å²) in [5.74, 6) is 1.21. The van der Waals surface area contributed by atoms with Crippen LogP contribution in [0.5, 0.6) is 5.88 Å². The van der Waals surface area contributed by atoms with Crippen LogP contribution in [-0.2, 0) is 35.6 Å². The van der Waals surface area contributed by atoms with Gasteiger partial charge in [0.05, 0.1) is 12.7 Å². The number of likely N-dealkylation sites (N-methyl/N-ethyl adjacent to an activating group) is 1. The molecule has 0 bridgehead atoms. The van der Waals surface area contributed by atoms with E-state index in [1.54, 1.807) is 0 Å². The van der Waals surface area contributed by atoms with Crippen LogP contribution in [-0.4, -0.2) is 96.7 Å². The lowest BCUT2D eigenvalue weighted by atomic mass is 9.95. The summed E-state index contributed by atoms with van der Waals surface area (Å²) in [6.07, 6.45) is 2.61. The predicted octanol–water partition coefficient (Wildman–Crippen LogP) is 3.57. The molecule has 47 heavy (non-hydrogen) atoms. The molecule has 0 spiro atoms. The van der Waals surface area contributed by atoms with Gasteiger partial charge in [0.25, 0.3) is 0 Å². The molecule has 2 saturated heterocycles. The molecule has 2 unspecified atom stereocenters. The molecule has 0 aliphatic carbocycles. The number of amides is 1. The van der Waals surface area contributed by atoms with Crippen molar-refractivity contribution in [3.05, 3.63) is 88.5 Å². The smallest absolute Gasteiger partial charge is 0.242 e. The standard InChI is InChI=1S/C37H47N7O3/c1-27(46-25-29-12-7-4-8-13-29)34(39)37(45)44-20-18-43(19-21-44)35-31-15-17-42(23-28-10-5-3-6-11-28)24-33(31)32(22-38)36(40-35)47-26-30-14-9-16-41(30)2/h3-8,10-13,27,30,34H,9,14-21,23-26,39H2,1-2H3/t27?,30-,34?/m0/s1. The van der Waals surface area contributed by atoms with Crippen molar-refractivity contribution in [2.24, 2.45) is 5.73 Å². The monoisotopic (exact) mass is 637 g/mol. The summed E-state index contributed by atoms with van der Waals surface area (Å²) in [4.78, 5) is 27.3. The molecule has 4 heterocycles. The third kappa shape index (κ3) is 7.77. The molecule has 0 saturated carbocycles. The molecule has 10 nitrogen and oxygen atoms in total. The van der Waals surface area contributed by atoms with Gasteiger partial charge in [0, 0.05) is 57.4 Å². The molecule has 248 valence electrons. The van der Waals surface area contributed by atoms with Crippen LogP contribution in [0.1, 0.15) is 47.6 Å². The van der Waals surface area contributed by atoms with E-state index in [-0.39, 0.29) is 5.91 Å². The summed E-state index contributed by atoms with van der Waals surface area (Å²) in [7, 11) is 2.13. The van der Waals surface area contributed by atoms with E-state index in [0.29, 0.717) is 63.4 Å². The average Bonchev–Trinajstić information content (AvgIpc) is 3.53. The first-order valence-corrected chi connectivity index (χ1v) is 16.9. The van der Waals surface area contributed by atoms with Gasteiger partial charge in [-0.2, -0.15) is 10.2 Å². The molecular formula is C37H47N7O3. The van der Waals surface area contributed by atoms with Crippen LogP contribution in [0.4, 0.5) is 5.82 Å². The Balaban J connectivity index is 1.17. The second kappa shape index (κ2) is 15.3. The van der Waals surface area contributed by atoms with Gasteiger partial charge < -0.3 is 29.9 Å². The molecule has 1 aromatic heterocycles. The largest absolute Gasteiger partial charge is 0.475 e. The number of nitrogens with two attached hydrogens (primary N) is 1. The number of piperazine rings is 1. The number of pyridine rings is 1. The van der Waals surface area contributed by atoms with Gasteiger partial charge >= 0.3 is 0 Å². The minimum Gasteiger partial charge on any atom is -0.475 e. The fourth-order valence-corrected chi connectivity index (χ4v) is 6.92. The number of fused-ring (bicyclic) bond motifs is 1. The number of hydrogen-bond donors (Lipinski definition) is 1. The third-order valence-electron chi connectivity index (χ3n) is 9.90. The highest BCUT2D eigenvalue weighted by Gasteiger charge is 2.33. The number of nitriles is 1. The zero-order valence-corrected chi connectivity index (χ0v) is 27.7. The van der Waals surface area contributed by atoms with Crippen molar-refractivity contribution in [3.8, 4) is 11.9 Å². The van der Waals surface area contributed by atoms with Crippen molar-refractivity contribution in [3.63, 3.8) is 0 Å². The van der Waals surface area contributed by atoms with Gasteiger partial charge in [0.15, 0.2) is 0 Å². The minimum absolute atomic E-state index is 0.0960. The Morgan fingerprint density at radius 1 is 1.00 bits per heavy atom. The van der Waals surface area contributed by atoms with Gasteiger partial charge in [-0.25, -0.2) is 0 Å². The van der Waals surface area contributed by atoms with Crippen LogP contribution in [0, 0.1) is 11.3 Å². The number of ether oxygens (including phenoxy) is 2. The molecule has 2 aromatic carbocycles. The fraction of sp³-hybridized carbons (Fsp3) is 0.486. The Bertz CT molecular complexity index is 1540. The van der Waals surface area contributed by atoms with Crippen molar-refractivity contribution in [1.82, 2.24) is 19.7 Å². The maximum Gasteiger partial charge on any atom is 0.242 e. The van der Waals surface area contributed by atoms with Crippen LogP contribution in [0.2, 0.25) is 0 Å². The zero-order valence-electron chi connectivity index (χ0n) is 27.7. The predicted molar refractivity (Wildman–Crippen MR) is 182 cm³/mol. The number of hydrogen-bond acceptors (Lipinski definition) is 9. The molecule has 2 N–H and O–H groups in total. The Kier molecular flexibility index (Phi) is 10.7. The van der Waals surface area contributed by atoms with E-state index in [4.69, 9.17) is 20.2 Å². The summed E-state index contributed by atoms with van der Waals surface area (Å²) >= 11 is 0. The summed E-state index contributed by atoms with van der Waals surface area (Å²) in [6, 6.07) is 22.4. The molecule has 3 aromatic rings. The van der Waals surface area contributed by atoms with Gasteiger partial charge in [0.1, 0.15) is 30.1 Å². The molecule has 3 atom stereocenters. The van der Waals surface area contributed by atoms with Crippen molar-refractivity contribution in [2.45, 2.75) is 64.1 Å². The highest BCUT2D eigenvalue weighted by Crippen LogP contribution is 2.36. The van der Waals surface area contributed by atoms with Crippen molar-refractivity contribution in [2.75, 3.05) is 57.8 Å². The summed E-state index contributed by atoms with van der Waals surface area (Å²) in [5.41, 5.74) is 11.4. The van der Waals surface area contributed by atoms with Gasteiger partial charge in [0.2, 0.25) is 11.8 Å². The van der Waals surface area contributed by atoms with Crippen LogP contribution in [0.3, 0.4) is 0 Å². The van der Waals surface area contributed by atoms with Crippen molar-refractivity contribution in [1.29, 1.82) is 5.26 Å². The molecule has 1 amide bonds. The van der Waals surface area contributed by atoms with Crippen LogP contribution in [0.15, 0.2) is 60.7 Å². The second-order valence-corrected chi connectivity index (χ2v) is 13.1.